The lowest BCUT2D eigenvalue weighted by molar-refractivity contribution is 0.414. The fourth-order valence-electron chi connectivity index (χ4n) is 1.71. The fourth-order valence-corrected chi connectivity index (χ4v) is 2.20. The second-order valence-corrected chi connectivity index (χ2v) is 4.76. The average Bonchev–Trinajstić information content (AvgIpc) is 2.35. The van der Waals surface area contributed by atoms with E-state index >= 15 is 0 Å². The van der Waals surface area contributed by atoms with E-state index in [4.69, 9.17) is 10.5 Å². The quantitative estimate of drug-likeness (QED) is 0.946. The number of anilines is 1. The molecule has 0 atom stereocenters. The predicted molar refractivity (Wildman–Crippen MR) is 74.9 cm³/mol. The van der Waals surface area contributed by atoms with Crippen molar-refractivity contribution in [3.63, 3.8) is 0 Å². The van der Waals surface area contributed by atoms with E-state index in [0.29, 0.717) is 16.7 Å². The van der Waals surface area contributed by atoms with E-state index in [0.717, 1.165) is 11.3 Å². The van der Waals surface area contributed by atoms with Crippen LogP contribution in [0.15, 0.2) is 45.8 Å². The highest BCUT2D eigenvalue weighted by Crippen LogP contribution is 2.14. The topological polar surface area (TPSA) is 57.2 Å². The summed E-state index contributed by atoms with van der Waals surface area (Å²) in [6.07, 6.45) is 1.63. The van der Waals surface area contributed by atoms with Crippen molar-refractivity contribution in [1.29, 1.82) is 0 Å². The molecule has 0 amide bonds. The largest absolute Gasteiger partial charge is 0.497 e. The van der Waals surface area contributed by atoms with Crippen LogP contribution in [0.3, 0.4) is 0 Å². The standard InChI is InChI=1S/C13H13BrN2O2/c1-18-11-4-2-3-9(5-11)7-16-8-10(15)6-12(14)13(16)17/h2-6,8H,7,15H2,1H3. The maximum atomic E-state index is 11.9. The molecule has 0 unspecified atom stereocenters. The number of methoxy groups -OCH3 is 1. The normalized spacial score (nSPS) is 10.3. The summed E-state index contributed by atoms with van der Waals surface area (Å²) in [6, 6.07) is 9.18. The van der Waals surface area contributed by atoms with Crippen molar-refractivity contribution < 1.29 is 4.74 Å². The van der Waals surface area contributed by atoms with Gasteiger partial charge in [0.25, 0.3) is 5.56 Å². The highest BCUT2D eigenvalue weighted by Gasteiger charge is 2.04. The van der Waals surface area contributed by atoms with Crippen molar-refractivity contribution in [3.8, 4) is 5.75 Å². The van der Waals surface area contributed by atoms with Gasteiger partial charge in [0.2, 0.25) is 0 Å². The summed E-state index contributed by atoms with van der Waals surface area (Å²) < 4.78 is 7.18. The zero-order valence-corrected chi connectivity index (χ0v) is 11.5. The number of benzene rings is 1. The molecule has 1 aromatic carbocycles. The summed E-state index contributed by atoms with van der Waals surface area (Å²) >= 11 is 3.20. The molecular weight excluding hydrogens is 296 g/mol. The Morgan fingerprint density at radius 3 is 2.89 bits per heavy atom. The van der Waals surface area contributed by atoms with E-state index in [2.05, 4.69) is 15.9 Å². The van der Waals surface area contributed by atoms with Gasteiger partial charge in [-0.2, -0.15) is 0 Å². The molecular formula is C13H13BrN2O2. The highest BCUT2D eigenvalue weighted by molar-refractivity contribution is 9.10. The van der Waals surface area contributed by atoms with Gasteiger partial charge in [-0.3, -0.25) is 4.79 Å². The molecule has 0 aliphatic carbocycles. The van der Waals surface area contributed by atoms with Crippen molar-refractivity contribution in [2.45, 2.75) is 6.54 Å². The Hall–Kier alpha value is -1.75. The lowest BCUT2D eigenvalue weighted by atomic mass is 10.2. The van der Waals surface area contributed by atoms with Gasteiger partial charge in [-0.25, -0.2) is 0 Å². The summed E-state index contributed by atoms with van der Waals surface area (Å²) in [7, 11) is 1.61. The Morgan fingerprint density at radius 2 is 2.17 bits per heavy atom. The molecule has 0 spiro atoms. The molecule has 0 aliphatic rings. The molecule has 0 saturated heterocycles. The smallest absolute Gasteiger partial charge is 0.265 e. The first-order chi connectivity index (χ1) is 8.60. The van der Waals surface area contributed by atoms with Gasteiger partial charge in [-0.15, -0.1) is 0 Å². The van der Waals surface area contributed by atoms with Crippen molar-refractivity contribution in [1.82, 2.24) is 4.57 Å². The first kappa shape index (κ1) is 12.7. The first-order valence-electron chi connectivity index (χ1n) is 5.38. The summed E-state index contributed by atoms with van der Waals surface area (Å²) in [5, 5.41) is 0. The zero-order chi connectivity index (χ0) is 13.1. The van der Waals surface area contributed by atoms with Gasteiger partial charge >= 0.3 is 0 Å². The van der Waals surface area contributed by atoms with Crippen molar-refractivity contribution in [2.75, 3.05) is 12.8 Å². The van der Waals surface area contributed by atoms with Gasteiger partial charge in [0.1, 0.15) is 5.75 Å². The highest BCUT2D eigenvalue weighted by atomic mass is 79.9. The van der Waals surface area contributed by atoms with E-state index in [1.807, 2.05) is 24.3 Å². The molecule has 0 aliphatic heterocycles. The van der Waals surface area contributed by atoms with Gasteiger partial charge in [0.15, 0.2) is 0 Å². The molecule has 0 fully saturated rings. The lowest BCUT2D eigenvalue weighted by Crippen LogP contribution is -2.21. The molecule has 0 saturated carbocycles. The summed E-state index contributed by atoms with van der Waals surface area (Å²) in [6.45, 7) is 0.458. The minimum Gasteiger partial charge on any atom is -0.497 e. The van der Waals surface area contributed by atoms with Crippen LogP contribution in [-0.4, -0.2) is 11.7 Å². The van der Waals surface area contributed by atoms with Crippen LogP contribution in [0.25, 0.3) is 0 Å². The third-order valence-electron chi connectivity index (χ3n) is 2.55. The number of rotatable bonds is 3. The van der Waals surface area contributed by atoms with Crippen LogP contribution in [0.4, 0.5) is 5.69 Å². The Bertz CT molecular complexity index is 623. The Morgan fingerprint density at radius 1 is 1.39 bits per heavy atom. The number of ether oxygens (including phenoxy) is 1. The molecule has 0 bridgehead atoms. The van der Waals surface area contributed by atoms with Crippen LogP contribution in [-0.2, 0) is 6.54 Å². The Kier molecular flexibility index (Phi) is 3.72. The van der Waals surface area contributed by atoms with Gasteiger partial charge in [0, 0.05) is 11.9 Å². The second-order valence-electron chi connectivity index (χ2n) is 3.91. The molecule has 2 N–H and O–H groups in total. The van der Waals surface area contributed by atoms with Crippen LogP contribution in [0.5, 0.6) is 5.75 Å². The van der Waals surface area contributed by atoms with Gasteiger partial charge < -0.3 is 15.0 Å². The van der Waals surface area contributed by atoms with E-state index in [-0.39, 0.29) is 5.56 Å². The van der Waals surface area contributed by atoms with Crippen molar-refractivity contribution in [3.05, 3.63) is 56.9 Å². The molecule has 18 heavy (non-hydrogen) atoms. The van der Waals surface area contributed by atoms with Gasteiger partial charge in [0.05, 0.1) is 18.1 Å². The molecule has 94 valence electrons. The van der Waals surface area contributed by atoms with Crippen LogP contribution >= 0.6 is 15.9 Å². The van der Waals surface area contributed by atoms with E-state index in [9.17, 15) is 4.79 Å². The molecule has 5 heteroatoms. The van der Waals surface area contributed by atoms with Crippen LogP contribution < -0.4 is 16.0 Å². The SMILES string of the molecule is COc1cccc(Cn2cc(N)cc(Br)c2=O)c1. The number of halogens is 1. The van der Waals surface area contributed by atoms with Gasteiger partial charge in [-0.1, -0.05) is 12.1 Å². The fraction of sp³-hybridized carbons (Fsp3) is 0.154. The minimum absolute atomic E-state index is 0.105. The number of nitrogens with zero attached hydrogens (tertiary/aromatic N) is 1. The third-order valence-corrected chi connectivity index (χ3v) is 3.12. The summed E-state index contributed by atoms with van der Waals surface area (Å²) in [5.41, 5.74) is 7.15. The second kappa shape index (κ2) is 5.27. The number of hydrogen-bond acceptors (Lipinski definition) is 3. The Labute approximate surface area is 113 Å². The van der Waals surface area contributed by atoms with Crippen LogP contribution in [0, 0.1) is 0 Å². The number of hydrogen-bond donors (Lipinski definition) is 1. The monoisotopic (exact) mass is 308 g/mol. The van der Waals surface area contributed by atoms with E-state index in [1.54, 1.807) is 23.9 Å². The molecule has 4 nitrogen and oxygen atoms in total. The van der Waals surface area contributed by atoms with Crippen LogP contribution in [0.1, 0.15) is 5.56 Å². The molecule has 1 aromatic heterocycles. The maximum absolute atomic E-state index is 11.9. The Balaban J connectivity index is 2.36. The molecule has 0 radical (unpaired) electrons. The summed E-state index contributed by atoms with van der Waals surface area (Å²) in [5.74, 6) is 0.767. The number of nitrogens with two attached hydrogens (primary N) is 1. The van der Waals surface area contributed by atoms with E-state index in [1.165, 1.54) is 0 Å². The minimum atomic E-state index is -0.105. The zero-order valence-electron chi connectivity index (χ0n) is 9.89. The summed E-state index contributed by atoms with van der Waals surface area (Å²) in [4.78, 5) is 11.9. The maximum Gasteiger partial charge on any atom is 0.265 e. The molecule has 2 aromatic rings. The predicted octanol–water partition coefficient (Wildman–Crippen LogP) is 2.25. The number of nitrogen functional groups attached to an aromatic ring is 1. The van der Waals surface area contributed by atoms with E-state index < -0.39 is 0 Å². The molecule has 2 rings (SSSR count). The average molecular weight is 309 g/mol. The van der Waals surface area contributed by atoms with Gasteiger partial charge in [-0.05, 0) is 39.7 Å². The first-order valence-corrected chi connectivity index (χ1v) is 6.18. The third kappa shape index (κ3) is 2.73. The number of aromatic nitrogens is 1. The van der Waals surface area contributed by atoms with Crippen LogP contribution in [0.2, 0.25) is 0 Å². The molecule has 1 heterocycles. The lowest BCUT2D eigenvalue weighted by Gasteiger charge is -2.09. The number of pyridine rings is 1. The van der Waals surface area contributed by atoms with Crippen molar-refractivity contribution in [2.24, 2.45) is 0 Å². The van der Waals surface area contributed by atoms with Crippen molar-refractivity contribution >= 4 is 21.6 Å².